The van der Waals surface area contributed by atoms with Crippen molar-refractivity contribution in [2.24, 2.45) is 5.92 Å². The fourth-order valence-corrected chi connectivity index (χ4v) is 2.00. The number of hydrogen-bond acceptors (Lipinski definition) is 5. The first-order valence-corrected chi connectivity index (χ1v) is 6.53. The highest BCUT2D eigenvalue weighted by Gasteiger charge is 2.18. The minimum absolute atomic E-state index is 0.0379. The highest BCUT2D eigenvalue weighted by molar-refractivity contribution is 8.00. The highest BCUT2D eigenvalue weighted by atomic mass is 32.2. The maximum absolute atomic E-state index is 11.6. The van der Waals surface area contributed by atoms with Gasteiger partial charge in [-0.3, -0.25) is 9.59 Å². The number of carbonyl (C=O) groups excluding carboxylic acids is 2. The summed E-state index contributed by atoms with van der Waals surface area (Å²) in [6.07, 6.45) is 0. The molecular formula is C11H21NO4S. The van der Waals surface area contributed by atoms with Gasteiger partial charge in [-0.25, -0.2) is 0 Å². The number of methoxy groups -OCH3 is 2. The van der Waals surface area contributed by atoms with Gasteiger partial charge in [-0.2, -0.15) is 0 Å². The molecule has 17 heavy (non-hydrogen) atoms. The Bertz CT molecular complexity index is 248. The molecule has 0 rings (SSSR count). The third-order valence-corrected chi connectivity index (χ3v) is 3.58. The number of esters is 1. The molecule has 0 aliphatic carbocycles. The van der Waals surface area contributed by atoms with Crippen LogP contribution >= 0.6 is 11.8 Å². The van der Waals surface area contributed by atoms with E-state index in [0.29, 0.717) is 18.9 Å². The number of hydrogen-bond donors (Lipinski definition) is 1. The molecule has 2 unspecified atom stereocenters. The zero-order chi connectivity index (χ0) is 13.3. The van der Waals surface area contributed by atoms with E-state index in [4.69, 9.17) is 4.74 Å². The first-order valence-electron chi connectivity index (χ1n) is 5.49. The maximum Gasteiger partial charge on any atom is 0.309 e. The molecule has 1 N–H and O–H groups in total. The van der Waals surface area contributed by atoms with E-state index in [2.05, 4.69) is 10.1 Å². The Hall–Kier alpha value is -0.750. The molecule has 0 aromatic carbocycles. The molecule has 0 aromatic rings. The molecule has 0 saturated heterocycles. The summed E-state index contributed by atoms with van der Waals surface area (Å²) in [6, 6.07) is 0. The van der Waals surface area contributed by atoms with Gasteiger partial charge in [-0.1, -0.05) is 6.92 Å². The van der Waals surface area contributed by atoms with Crippen LogP contribution in [0.15, 0.2) is 0 Å². The van der Waals surface area contributed by atoms with Crippen LogP contribution in [0.1, 0.15) is 13.8 Å². The lowest BCUT2D eigenvalue weighted by Gasteiger charge is -2.14. The van der Waals surface area contributed by atoms with Crippen molar-refractivity contribution in [3.63, 3.8) is 0 Å². The van der Waals surface area contributed by atoms with Crippen molar-refractivity contribution in [2.75, 3.05) is 33.1 Å². The van der Waals surface area contributed by atoms with E-state index in [1.54, 1.807) is 14.0 Å². The van der Waals surface area contributed by atoms with Crippen molar-refractivity contribution >= 4 is 23.6 Å². The van der Waals surface area contributed by atoms with E-state index in [1.807, 2.05) is 6.92 Å². The van der Waals surface area contributed by atoms with Crippen molar-refractivity contribution in [3.8, 4) is 0 Å². The van der Waals surface area contributed by atoms with Gasteiger partial charge in [0.2, 0.25) is 5.91 Å². The van der Waals surface area contributed by atoms with Gasteiger partial charge >= 0.3 is 5.97 Å². The van der Waals surface area contributed by atoms with Crippen molar-refractivity contribution in [3.05, 3.63) is 0 Å². The Balaban J connectivity index is 3.80. The SMILES string of the molecule is COCCNC(=O)C(C)SCC(C)C(=O)OC. The maximum atomic E-state index is 11.6. The molecule has 0 heterocycles. The highest BCUT2D eigenvalue weighted by Crippen LogP contribution is 2.15. The third kappa shape index (κ3) is 7.23. The summed E-state index contributed by atoms with van der Waals surface area (Å²) < 4.78 is 9.45. The minimum atomic E-state index is -0.246. The van der Waals surface area contributed by atoms with Gasteiger partial charge in [0.25, 0.3) is 0 Å². The number of carbonyl (C=O) groups is 2. The summed E-state index contributed by atoms with van der Waals surface area (Å²) >= 11 is 1.44. The Morgan fingerprint density at radius 1 is 1.29 bits per heavy atom. The minimum Gasteiger partial charge on any atom is -0.469 e. The number of ether oxygens (including phenoxy) is 2. The van der Waals surface area contributed by atoms with Crippen LogP contribution in [0.5, 0.6) is 0 Å². The van der Waals surface area contributed by atoms with Crippen LogP contribution in [-0.2, 0) is 19.1 Å². The van der Waals surface area contributed by atoms with Crippen molar-refractivity contribution in [1.82, 2.24) is 5.32 Å². The second kappa shape index (κ2) is 9.30. The van der Waals surface area contributed by atoms with E-state index >= 15 is 0 Å². The fraction of sp³-hybridized carbons (Fsp3) is 0.818. The molecule has 0 saturated carbocycles. The lowest BCUT2D eigenvalue weighted by molar-refractivity contribution is -0.144. The summed E-state index contributed by atoms with van der Waals surface area (Å²) in [5.41, 5.74) is 0. The number of rotatable bonds is 8. The van der Waals surface area contributed by atoms with E-state index < -0.39 is 0 Å². The predicted molar refractivity (Wildman–Crippen MR) is 68.0 cm³/mol. The van der Waals surface area contributed by atoms with Crippen LogP contribution in [0.4, 0.5) is 0 Å². The van der Waals surface area contributed by atoms with Gasteiger partial charge in [0.05, 0.1) is 24.9 Å². The molecule has 0 aromatic heterocycles. The second-order valence-corrected chi connectivity index (χ2v) is 5.06. The summed E-state index contributed by atoms with van der Waals surface area (Å²) in [7, 11) is 2.95. The molecule has 0 aliphatic heterocycles. The first kappa shape index (κ1) is 16.2. The number of thioether (sulfide) groups is 1. The molecule has 0 aliphatic rings. The first-order chi connectivity index (χ1) is 8.02. The fourth-order valence-electron chi connectivity index (χ4n) is 1.05. The topological polar surface area (TPSA) is 64.6 Å². The van der Waals surface area contributed by atoms with Gasteiger partial charge in [0.15, 0.2) is 0 Å². The zero-order valence-electron chi connectivity index (χ0n) is 10.8. The normalized spacial score (nSPS) is 13.9. The van der Waals surface area contributed by atoms with E-state index in [0.717, 1.165) is 0 Å². The van der Waals surface area contributed by atoms with Crippen LogP contribution in [0.3, 0.4) is 0 Å². The molecule has 1 amide bonds. The molecule has 100 valence electrons. The van der Waals surface area contributed by atoms with Crippen LogP contribution in [-0.4, -0.2) is 50.3 Å². The Morgan fingerprint density at radius 3 is 2.47 bits per heavy atom. The van der Waals surface area contributed by atoms with Gasteiger partial charge in [0.1, 0.15) is 0 Å². The van der Waals surface area contributed by atoms with Crippen LogP contribution in [0.25, 0.3) is 0 Å². The van der Waals surface area contributed by atoms with E-state index in [1.165, 1.54) is 18.9 Å². The van der Waals surface area contributed by atoms with Crippen LogP contribution in [0.2, 0.25) is 0 Å². The second-order valence-electron chi connectivity index (χ2n) is 3.68. The predicted octanol–water partition coefficient (Wildman–Crippen LogP) is 0.680. The van der Waals surface area contributed by atoms with Crippen molar-refractivity contribution < 1.29 is 19.1 Å². The molecule has 0 radical (unpaired) electrons. The lowest BCUT2D eigenvalue weighted by atomic mass is 10.2. The molecular weight excluding hydrogens is 242 g/mol. The third-order valence-electron chi connectivity index (χ3n) is 2.17. The summed E-state index contributed by atoms with van der Waals surface area (Å²) in [5, 5.41) is 2.57. The smallest absolute Gasteiger partial charge is 0.309 e. The summed E-state index contributed by atoms with van der Waals surface area (Å²) in [5.74, 6) is 0.0961. The number of nitrogens with one attached hydrogen (secondary N) is 1. The van der Waals surface area contributed by atoms with Gasteiger partial charge in [-0.05, 0) is 6.92 Å². The van der Waals surface area contributed by atoms with Crippen LogP contribution in [0, 0.1) is 5.92 Å². The quantitative estimate of drug-likeness (QED) is 0.515. The lowest BCUT2D eigenvalue weighted by Crippen LogP contribution is -2.34. The standard InChI is InChI=1S/C11H21NO4S/c1-8(11(14)16-4)7-17-9(2)10(13)12-5-6-15-3/h8-9H,5-7H2,1-4H3,(H,12,13). The monoisotopic (exact) mass is 263 g/mol. The van der Waals surface area contributed by atoms with Crippen molar-refractivity contribution in [2.45, 2.75) is 19.1 Å². The Morgan fingerprint density at radius 2 is 1.94 bits per heavy atom. The average Bonchev–Trinajstić information content (AvgIpc) is 2.34. The molecule has 2 atom stereocenters. The van der Waals surface area contributed by atoms with Crippen LogP contribution < -0.4 is 5.32 Å². The molecule has 5 nitrogen and oxygen atoms in total. The van der Waals surface area contributed by atoms with Crippen molar-refractivity contribution in [1.29, 1.82) is 0 Å². The summed E-state index contributed by atoms with van der Waals surface area (Å²) in [4.78, 5) is 22.7. The Kier molecular flexibility index (Phi) is 8.89. The molecule has 0 spiro atoms. The largest absolute Gasteiger partial charge is 0.469 e. The van der Waals surface area contributed by atoms with Gasteiger partial charge in [0, 0.05) is 19.4 Å². The zero-order valence-corrected chi connectivity index (χ0v) is 11.6. The van der Waals surface area contributed by atoms with E-state index in [9.17, 15) is 9.59 Å². The number of amides is 1. The Labute approximate surface area is 107 Å². The summed E-state index contributed by atoms with van der Waals surface area (Å²) in [6.45, 7) is 4.61. The van der Waals surface area contributed by atoms with E-state index in [-0.39, 0.29) is 23.0 Å². The average molecular weight is 263 g/mol. The van der Waals surface area contributed by atoms with Gasteiger partial charge in [-0.15, -0.1) is 11.8 Å². The van der Waals surface area contributed by atoms with Gasteiger partial charge < -0.3 is 14.8 Å². The molecule has 0 fully saturated rings. The molecule has 6 heteroatoms. The molecule has 0 bridgehead atoms.